The average molecular weight is 407 g/mol. The maximum Gasteiger partial charge on any atom is 0.416 e. The molecule has 2 aliphatic rings. The van der Waals surface area contributed by atoms with Crippen molar-refractivity contribution >= 4 is 29.0 Å². The summed E-state index contributed by atoms with van der Waals surface area (Å²) >= 11 is 1.39. The van der Waals surface area contributed by atoms with Crippen LogP contribution in [-0.2, 0) is 11.0 Å². The van der Waals surface area contributed by atoms with E-state index < -0.39 is 11.7 Å². The molecule has 0 aliphatic carbocycles. The molecular formula is C20H20F3N3OS. The minimum absolute atomic E-state index is 0.183. The van der Waals surface area contributed by atoms with Gasteiger partial charge in [0.05, 0.1) is 23.5 Å². The molecule has 2 heterocycles. The van der Waals surface area contributed by atoms with Gasteiger partial charge in [0.2, 0.25) is 5.91 Å². The van der Waals surface area contributed by atoms with E-state index >= 15 is 0 Å². The van der Waals surface area contributed by atoms with E-state index in [0.717, 1.165) is 43.2 Å². The molecule has 0 radical (unpaired) electrons. The minimum atomic E-state index is -4.46. The molecular weight excluding hydrogens is 387 g/mol. The molecule has 4 nitrogen and oxygen atoms in total. The molecule has 0 unspecified atom stereocenters. The van der Waals surface area contributed by atoms with Crippen LogP contribution in [0.25, 0.3) is 0 Å². The molecule has 0 spiro atoms. The van der Waals surface area contributed by atoms with E-state index in [2.05, 4.69) is 9.80 Å². The number of anilines is 2. The molecule has 0 N–H and O–H groups in total. The normalized spacial score (nSPS) is 17.9. The molecule has 2 aliphatic heterocycles. The first-order chi connectivity index (χ1) is 13.3. The summed E-state index contributed by atoms with van der Waals surface area (Å²) < 4.78 is 39.8. The summed E-state index contributed by atoms with van der Waals surface area (Å²) in [6.45, 7) is 3.45. The van der Waals surface area contributed by atoms with Crippen molar-refractivity contribution in [3.63, 3.8) is 0 Å². The van der Waals surface area contributed by atoms with Crippen LogP contribution in [0.5, 0.6) is 0 Å². The van der Waals surface area contributed by atoms with E-state index in [0.29, 0.717) is 16.3 Å². The molecule has 28 heavy (non-hydrogen) atoms. The van der Waals surface area contributed by atoms with Crippen molar-refractivity contribution in [1.29, 1.82) is 0 Å². The van der Waals surface area contributed by atoms with Gasteiger partial charge >= 0.3 is 6.18 Å². The van der Waals surface area contributed by atoms with Gasteiger partial charge in [-0.1, -0.05) is 23.9 Å². The number of amides is 1. The van der Waals surface area contributed by atoms with Gasteiger partial charge in [-0.25, -0.2) is 0 Å². The summed E-state index contributed by atoms with van der Waals surface area (Å²) in [4.78, 5) is 20.4. The van der Waals surface area contributed by atoms with Crippen molar-refractivity contribution in [2.45, 2.75) is 16.0 Å². The standard InChI is InChI=1S/C20H20F3N3OS/c1-24-8-10-25(11-9-24)13-19(27)26-15-4-2-3-5-17(15)28-18-7-6-14(12-16(18)26)20(21,22)23/h2-7,12H,8-11,13H2,1H3. The van der Waals surface area contributed by atoms with E-state index in [1.807, 2.05) is 19.2 Å². The molecule has 0 bridgehead atoms. The topological polar surface area (TPSA) is 26.8 Å². The third kappa shape index (κ3) is 3.76. The number of likely N-dealkylation sites (N-methyl/N-ethyl adjacent to an activating group) is 1. The predicted octanol–water partition coefficient (Wildman–Crippen LogP) is 4.08. The van der Waals surface area contributed by atoms with Gasteiger partial charge in [0.15, 0.2) is 0 Å². The molecule has 8 heteroatoms. The first kappa shape index (κ1) is 19.3. The van der Waals surface area contributed by atoms with Crippen LogP contribution in [0.15, 0.2) is 52.3 Å². The molecule has 2 aromatic carbocycles. The largest absolute Gasteiger partial charge is 0.416 e. The van der Waals surface area contributed by atoms with Gasteiger partial charge in [0, 0.05) is 36.0 Å². The molecule has 0 atom stereocenters. The molecule has 148 valence electrons. The number of hydrogen-bond acceptors (Lipinski definition) is 4. The molecule has 4 rings (SSSR count). The number of alkyl halides is 3. The van der Waals surface area contributed by atoms with Crippen molar-refractivity contribution in [2.75, 3.05) is 44.7 Å². The monoisotopic (exact) mass is 407 g/mol. The Bertz CT molecular complexity index is 895. The number of para-hydroxylation sites is 1. The van der Waals surface area contributed by atoms with E-state index in [1.165, 1.54) is 22.7 Å². The molecule has 2 aromatic rings. The fourth-order valence-corrected chi connectivity index (χ4v) is 4.51. The lowest BCUT2D eigenvalue weighted by molar-refractivity contribution is -0.137. The number of carbonyl (C=O) groups excluding carboxylic acids is 1. The smallest absolute Gasteiger partial charge is 0.304 e. The zero-order chi connectivity index (χ0) is 19.9. The maximum absolute atomic E-state index is 13.3. The van der Waals surface area contributed by atoms with Crippen LogP contribution in [0.2, 0.25) is 0 Å². The Morgan fingerprint density at radius 2 is 1.68 bits per heavy atom. The summed E-state index contributed by atoms with van der Waals surface area (Å²) in [5, 5.41) is 0. The lowest BCUT2D eigenvalue weighted by Gasteiger charge is -2.35. The number of nitrogens with zero attached hydrogens (tertiary/aromatic N) is 3. The van der Waals surface area contributed by atoms with E-state index in [4.69, 9.17) is 0 Å². The second-order valence-electron chi connectivity index (χ2n) is 7.06. The van der Waals surface area contributed by atoms with Crippen LogP contribution in [0.3, 0.4) is 0 Å². The van der Waals surface area contributed by atoms with E-state index in [-0.39, 0.29) is 12.5 Å². The van der Waals surface area contributed by atoms with E-state index in [9.17, 15) is 18.0 Å². The van der Waals surface area contributed by atoms with Crippen molar-refractivity contribution in [2.24, 2.45) is 0 Å². The lowest BCUT2D eigenvalue weighted by Crippen LogP contribution is -2.48. The van der Waals surface area contributed by atoms with Crippen LogP contribution in [-0.4, -0.2) is 55.5 Å². The summed E-state index contributed by atoms with van der Waals surface area (Å²) in [6.07, 6.45) is -4.46. The van der Waals surface area contributed by atoms with Gasteiger partial charge in [-0.3, -0.25) is 14.6 Å². The summed E-state index contributed by atoms with van der Waals surface area (Å²) in [6, 6.07) is 10.9. The van der Waals surface area contributed by atoms with Gasteiger partial charge < -0.3 is 4.90 Å². The highest BCUT2D eigenvalue weighted by Gasteiger charge is 2.35. The molecule has 1 fully saturated rings. The van der Waals surface area contributed by atoms with E-state index in [1.54, 1.807) is 12.1 Å². The third-order valence-electron chi connectivity index (χ3n) is 5.06. The van der Waals surface area contributed by atoms with Gasteiger partial charge in [-0.05, 0) is 37.4 Å². The fourth-order valence-electron chi connectivity index (χ4n) is 3.47. The highest BCUT2D eigenvalue weighted by atomic mass is 32.2. The quantitative estimate of drug-likeness (QED) is 0.750. The van der Waals surface area contributed by atoms with Crippen LogP contribution >= 0.6 is 11.8 Å². The number of hydrogen-bond donors (Lipinski definition) is 0. The first-order valence-electron chi connectivity index (χ1n) is 9.05. The van der Waals surface area contributed by atoms with Crippen molar-refractivity contribution < 1.29 is 18.0 Å². The molecule has 0 aromatic heterocycles. The second-order valence-corrected chi connectivity index (χ2v) is 8.14. The zero-order valence-electron chi connectivity index (χ0n) is 15.4. The van der Waals surface area contributed by atoms with Crippen LogP contribution in [0.4, 0.5) is 24.5 Å². The Morgan fingerprint density at radius 1 is 1.00 bits per heavy atom. The first-order valence-corrected chi connectivity index (χ1v) is 9.86. The fraction of sp³-hybridized carbons (Fsp3) is 0.350. The Labute approximate surface area is 165 Å². The highest BCUT2D eigenvalue weighted by Crippen LogP contribution is 2.49. The van der Waals surface area contributed by atoms with Gasteiger partial charge in [0.25, 0.3) is 0 Å². The van der Waals surface area contributed by atoms with Gasteiger partial charge in [-0.15, -0.1) is 0 Å². The van der Waals surface area contributed by atoms with Gasteiger partial charge in [0.1, 0.15) is 0 Å². The third-order valence-corrected chi connectivity index (χ3v) is 6.19. The number of carbonyl (C=O) groups is 1. The SMILES string of the molecule is CN1CCN(CC(=O)N2c3ccccc3Sc3ccc(C(F)(F)F)cc32)CC1. The highest BCUT2D eigenvalue weighted by molar-refractivity contribution is 7.99. The Balaban J connectivity index is 1.70. The molecule has 1 amide bonds. The lowest BCUT2D eigenvalue weighted by atomic mass is 10.1. The summed E-state index contributed by atoms with van der Waals surface area (Å²) in [7, 11) is 2.03. The average Bonchev–Trinajstić information content (AvgIpc) is 2.66. The van der Waals surface area contributed by atoms with Crippen molar-refractivity contribution in [3.8, 4) is 0 Å². The molecule has 0 saturated carbocycles. The number of rotatable bonds is 2. The summed E-state index contributed by atoms with van der Waals surface area (Å²) in [5.74, 6) is -0.210. The van der Waals surface area contributed by atoms with Gasteiger partial charge in [-0.2, -0.15) is 13.2 Å². The Morgan fingerprint density at radius 3 is 2.39 bits per heavy atom. The Kier molecular flexibility index (Phi) is 5.11. The minimum Gasteiger partial charge on any atom is -0.304 e. The number of fused-ring (bicyclic) bond motifs is 2. The van der Waals surface area contributed by atoms with Crippen LogP contribution in [0, 0.1) is 0 Å². The number of benzene rings is 2. The van der Waals surface area contributed by atoms with Crippen molar-refractivity contribution in [3.05, 3.63) is 48.0 Å². The zero-order valence-corrected chi connectivity index (χ0v) is 16.2. The van der Waals surface area contributed by atoms with Crippen LogP contribution < -0.4 is 4.90 Å². The summed E-state index contributed by atoms with van der Waals surface area (Å²) in [5.41, 5.74) is 0.194. The van der Waals surface area contributed by atoms with Crippen LogP contribution in [0.1, 0.15) is 5.56 Å². The number of halogens is 3. The Hall–Kier alpha value is -2.03. The van der Waals surface area contributed by atoms with Crippen molar-refractivity contribution in [1.82, 2.24) is 9.80 Å². The molecule has 1 saturated heterocycles. The maximum atomic E-state index is 13.3. The number of piperazine rings is 1. The predicted molar refractivity (Wildman–Crippen MR) is 103 cm³/mol. The second kappa shape index (κ2) is 7.42.